The zero-order chi connectivity index (χ0) is 28.7. The molecule has 210 valence electrons. The quantitative estimate of drug-likeness (QED) is 0.328. The number of sulfonamides is 1. The maximum Gasteiger partial charge on any atom is 0.256 e. The summed E-state index contributed by atoms with van der Waals surface area (Å²) in [5.74, 6) is 0.441. The van der Waals surface area contributed by atoms with Gasteiger partial charge in [0.2, 0.25) is 10.0 Å². The third kappa shape index (κ3) is 4.99. The van der Waals surface area contributed by atoms with E-state index in [0.717, 1.165) is 16.8 Å². The molecule has 5 aromatic rings. The standard InChI is InChI=1S/C28H28N8O4S/c1-18-4-9-24(19(2)14-18)35-26-23(16-31-35)27(30-17-29-26)36-25(15-20(3)33-36)32-28(37)21-5-7-22(8-6-21)41(38,39)34-10-12-40-13-11-34/h4-9,14-17H,10-13H2,1-3H3,(H,32,37). The molecule has 1 saturated heterocycles. The number of benzene rings is 2. The minimum Gasteiger partial charge on any atom is -0.379 e. The summed E-state index contributed by atoms with van der Waals surface area (Å²) in [7, 11) is -3.66. The first-order valence-electron chi connectivity index (χ1n) is 13.0. The highest BCUT2D eigenvalue weighted by Gasteiger charge is 2.26. The van der Waals surface area contributed by atoms with E-state index in [2.05, 4.69) is 31.5 Å². The molecule has 1 N–H and O–H groups in total. The summed E-state index contributed by atoms with van der Waals surface area (Å²) in [6.07, 6.45) is 3.12. The highest BCUT2D eigenvalue weighted by atomic mass is 32.2. The number of carbonyl (C=O) groups is 1. The molecule has 0 radical (unpaired) electrons. The van der Waals surface area contributed by atoms with Crippen LogP contribution in [0.3, 0.4) is 0 Å². The van der Waals surface area contributed by atoms with Crippen LogP contribution in [-0.4, -0.2) is 74.5 Å². The minimum atomic E-state index is -3.66. The normalized spacial score (nSPS) is 14.4. The van der Waals surface area contributed by atoms with Crippen LogP contribution in [0.2, 0.25) is 0 Å². The second-order valence-corrected chi connectivity index (χ2v) is 11.8. The van der Waals surface area contributed by atoms with Crippen LogP contribution >= 0.6 is 0 Å². The van der Waals surface area contributed by atoms with Crippen molar-refractivity contribution in [1.29, 1.82) is 0 Å². The fourth-order valence-corrected chi connectivity index (χ4v) is 6.28. The first kappa shape index (κ1) is 26.7. The number of fused-ring (bicyclic) bond motifs is 1. The van der Waals surface area contributed by atoms with Crippen molar-refractivity contribution >= 4 is 32.8 Å². The van der Waals surface area contributed by atoms with E-state index in [1.54, 1.807) is 21.6 Å². The molecule has 1 aliphatic heterocycles. The van der Waals surface area contributed by atoms with Crippen LogP contribution in [0, 0.1) is 20.8 Å². The summed E-state index contributed by atoms with van der Waals surface area (Å²) < 4.78 is 35.8. The second kappa shape index (κ2) is 10.5. The molecule has 1 fully saturated rings. The van der Waals surface area contributed by atoms with E-state index in [1.807, 2.05) is 32.9 Å². The molecule has 3 aromatic heterocycles. The molecule has 0 unspecified atom stereocenters. The number of aryl methyl sites for hydroxylation is 3. The maximum atomic E-state index is 13.2. The number of aromatic nitrogens is 6. The summed E-state index contributed by atoms with van der Waals surface area (Å²) in [5.41, 5.74) is 4.68. The highest BCUT2D eigenvalue weighted by molar-refractivity contribution is 7.89. The lowest BCUT2D eigenvalue weighted by atomic mass is 10.1. The summed E-state index contributed by atoms with van der Waals surface area (Å²) in [5, 5.41) is 12.7. The van der Waals surface area contributed by atoms with Crippen molar-refractivity contribution in [3.05, 3.63) is 83.4 Å². The van der Waals surface area contributed by atoms with E-state index in [9.17, 15) is 13.2 Å². The number of hydrogen-bond acceptors (Lipinski definition) is 8. The Hall–Kier alpha value is -4.46. The molecule has 1 aliphatic rings. The number of morpholine rings is 1. The number of carbonyl (C=O) groups excluding carboxylic acids is 1. The fourth-order valence-electron chi connectivity index (χ4n) is 4.87. The zero-order valence-electron chi connectivity index (χ0n) is 22.8. The largest absolute Gasteiger partial charge is 0.379 e. The van der Waals surface area contributed by atoms with Gasteiger partial charge in [0.25, 0.3) is 5.91 Å². The van der Waals surface area contributed by atoms with Crippen molar-refractivity contribution < 1.29 is 17.9 Å². The van der Waals surface area contributed by atoms with Gasteiger partial charge in [-0.3, -0.25) is 4.79 Å². The van der Waals surface area contributed by atoms with Gasteiger partial charge in [0, 0.05) is 24.7 Å². The van der Waals surface area contributed by atoms with E-state index in [-0.39, 0.29) is 4.90 Å². The van der Waals surface area contributed by atoms with Crippen molar-refractivity contribution in [3.8, 4) is 11.5 Å². The van der Waals surface area contributed by atoms with Crippen molar-refractivity contribution in [2.75, 3.05) is 31.6 Å². The van der Waals surface area contributed by atoms with Crippen LogP contribution in [0.5, 0.6) is 0 Å². The molecular formula is C28H28N8O4S. The summed E-state index contributed by atoms with van der Waals surface area (Å²) >= 11 is 0. The van der Waals surface area contributed by atoms with Crippen LogP contribution in [-0.2, 0) is 14.8 Å². The van der Waals surface area contributed by atoms with Gasteiger partial charge in [-0.25, -0.2) is 23.1 Å². The summed E-state index contributed by atoms with van der Waals surface area (Å²) in [6, 6.07) is 13.7. The lowest BCUT2D eigenvalue weighted by molar-refractivity contribution is 0.0730. The first-order valence-corrected chi connectivity index (χ1v) is 14.5. The van der Waals surface area contributed by atoms with Crippen LogP contribution in [0.4, 0.5) is 5.82 Å². The molecule has 41 heavy (non-hydrogen) atoms. The van der Waals surface area contributed by atoms with Crippen molar-refractivity contribution in [3.63, 3.8) is 0 Å². The van der Waals surface area contributed by atoms with Gasteiger partial charge in [0.15, 0.2) is 11.5 Å². The first-order chi connectivity index (χ1) is 19.7. The second-order valence-electron chi connectivity index (χ2n) is 9.86. The lowest BCUT2D eigenvalue weighted by Gasteiger charge is -2.26. The van der Waals surface area contributed by atoms with Gasteiger partial charge in [-0.2, -0.15) is 19.2 Å². The third-order valence-corrected chi connectivity index (χ3v) is 8.84. The predicted molar refractivity (Wildman–Crippen MR) is 152 cm³/mol. The smallest absolute Gasteiger partial charge is 0.256 e. The van der Waals surface area contributed by atoms with E-state index < -0.39 is 15.9 Å². The number of ether oxygens (including phenoxy) is 1. The van der Waals surface area contributed by atoms with Gasteiger partial charge in [-0.1, -0.05) is 17.7 Å². The van der Waals surface area contributed by atoms with E-state index in [1.165, 1.54) is 34.9 Å². The van der Waals surface area contributed by atoms with Crippen LogP contribution in [0.1, 0.15) is 27.2 Å². The number of nitrogens with one attached hydrogen (secondary N) is 1. The van der Waals surface area contributed by atoms with E-state index in [4.69, 9.17) is 4.74 Å². The van der Waals surface area contributed by atoms with Crippen LogP contribution in [0.15, 0.2) is 66.0 Å². The summed E-state index contributed by atoms with van der Waals surface area (Å²) in [4.78, 5) is 22.3. The van der Waals surface area contributed by atoms with Crippen molar-refractivity contribution in [1.82, 2.24) is 33.8 Å². The number of amides is 1. The minimum absolute atomic E-state index is 0.126. The molecule has 0 aliphatic carbocycles. The SMILES string of the molecule is Cc1ccc(-n2ncc3c(-n4nc(C)cc4NC(=O)c4ccc(S(=O)(=O)N5CCOCC5)cc4)ncnc32)c(C)c1. The highest BCUT2D eigenvalue weighted by Crippen LogP contribution is 2.26. The molecule has 4 heterocycles. The van der Waals surface area contributed by atoms with Gasteiger partial charge in [-0.15, -0.1) is 0 Å². The molecule has 0 saturated carbocycles. The topological polar surface area (TPSA) is 137 Å². The fraction of sp³-hybridized carbons (Fsp3) is 0.250. The maximum absolute atomic E-state index is 13.2. The van der Waals surface area contributed by atoms with E-state index in [0.29, 0.717) is 60.2 Å². The monoisotopic (exact) mass is 572 g/mol. The molecule has 0 atom stereocenters. The molecule has 0 bridgehead atoms. The van der Waals surface area contributed by atoms with Crippen LogP contribution < -0.4 is 5.32 Å². The van der Waals surface area contributed by atoms with Crippen molar-refractivity contribution in [2.24, 2.45) is 0 Å². The molecule has 1 amide bonds. The van der Waals surface area contributed by atoms with Gasteiger partial charge in [-0.05, 0) is 56.7 Å². The Balaban J connectivity index is 1.29. The van der Waals surface area contributed by atoms with Gasteiger partial charge in [0.05, 0.1) is 41.1 Å². The average Bonchev–Trinajstić information content (AvgIpc) is 3.56. The third-order valence-electron chi connectivity index (χ3n) is 6.92. The molecule has 13 heteroatoms. The van der Waals surface area contributed by atoms with Gasteiger partial charge < -0.3 is 10.1 Å². The predicted octanol–water partition coefficient (Wildman–Crippen LogP) is 3.20. The Labute approximate surface area is 236 Å². The zero-order valence-corrected chi connectivity index (χ0v) is 23.6. The molecule has 12 nitrogen and oxygen atoms in total. The molecule has 6 rings (SSSR count). The Morgan fingerprint density at radius 1 is 0.951 bits per heavy atom. The average molecular weight is 573 g/mol. The Kier molecular flexibility index (Phi) is 6.85. The Morgan fingerprint density at radius 2 is 1.71 bits per heavy atom. The Bertz CT molecular complexity index is 1870. The molecular weight excluding hydrogens is 544 g/mol. The lowest BCUT2D eigenvalue weighted by Crippen LogP contribution is -2.40. The number of nitrogens with zero attached hydrogens (tertiary/aromatic N) is 7. The van der Waals surface area contributed by atoms with Crippen LogP contribution in [0.25, 0.3) is 22.5 Å². The van der Waals surface area contributed by atoms with E-state index >= 15 is 0 Å². The molecule has 0 spiro atoms. The van der Waals surface area contributed by atoms with Gasteiger partial charge in [0.1, 0.15) is 12.1 Å². The number of hydrogen-bond donors (Lipinski definition) is 1. The Morgan fingerprint density at radius 3 is 2.44 bits per heavy atom. The molecule has 2 aromatic carbocycles. The van der Waals surface area contributed by atoms with Gasteiger partial charge >= 0.3 is 0 Å². The number of rotatable bonds is 6. The summed E-state index contributed by atoms with van der Waals surface area (Å²) in [6.45, 7) is 7.19. The number of anilines is 1. The van der Waals surface area contributed by atoms with Crippen molar-refractivity contribution in [2.45, 2.75) is 25.7 Å².